The molecule has 0 spiro atoms. The van der Waals surface area contributed by atoms with Crippen LogP contribution in [0.4, 0.5) is 0 Å². The lowest BCUT2D eigenvalue weighted by Gasteiger charge is -2.40. The quantitative estimate of drug-likeness (QED) is 0.455. The van der Waals surface area contributed by atoms with Crippen molar-refractivity contribution in [2.24, 2.45) is 5.92 Å². The molecule has 0 unspecified atom stereocenters. The molecule has 118 valence electrons. The summed E-state index contributed by atoms with van der Waals surface area (Å²) in [5.74, 6) is 0.392. The van der Waals surface area contributed by atoms with Gasteiger partial charge in [-0.15, -0.1) is 6.58 Å². The van der Waals surface area contributed by atoms with Crippen molar-refractivity contribution in [2.75, 3.05) is 0 Å². The smallest absolute Gasteiger partial charge is 0.192 e. The van der Waals surface area contributed by atoms with Gasteiger partial charge in [0.15, 0.2) is 8.32 Å². The van der Waals surface area contributed by atoms with Crippen LogP contribution in [0.1, 0.15) is 39.7 Å². The third kappa shape index (κ3) is 5.44. The van der Waals surface area contributed by atoms with Crippen molar-refractivity contribution in [3.05, 3.63) is 48.6 Å². The summed E-state index contributed by atoms with van der Waals surface area (Å²) in [5.41, 5.74) is 1.39. The number of hydrogen-bond donors (Lipinski definition) is 0. The van der Waals surface area contributed by atoms with E-state index in [1.165, 1.54) is 5.56 Å². The minimum atomic E-state index is -1.73. The van der Waals surface area contributed by atoms with Gasteiger partial charge in [0.2, 0.25) is 0 Å². The predicted octanol–water partition coefficient (Wildman–Crippen LogP) is 5.83. The van der Waals surface area contributed by atoms with Crippen molar-refractivity contribution in [1.82, 2.24) is 0 Å². The van der Waals surface area contributed by atoms with E-state index < -0.39 is 8.32 Å². The molecule has 1 nitrogen and oxygen atoms in total. The maximum atomic E-state index is 6.64. The van der Waals surface area contributed by atoms with Gasteiger partial charge in [0, 0.05) is 0 Å². The average Bonchev–Trinajstić information content (AvgIpc) is 2.42. The van der Waals surface area contributed by atoms with Gasteiger partial charge < -0.3 is 4.43 Å². The van der Waals surface area contributed by atoms with Crippen molar-refractivity contribution in [1.29, 1.82) is 0 Å². The van der Waals surface area contributed by atoms with Gasteiger partial charge in [0.25, 0.3) is 0 Å². The SMILES string of the molecule is C=C[C@H](C)[C@@H](CCc1ccccc1)O[Si](C)(C)C(C)(C)C. The highest BCUT2D eigenvalue weighted by molar-refractivity contribution is 6.74. The van der Waals surface area contributed by atoms with Gasteiger partial charge in [-0.3, -0.25) is 0 Å². The minimum Gasteiger partial charge on any atom is -0.413 e. The van der Waals surface area contributed by atoms with E-state index in [0.717, 1.165) is 12.8 Å². The van der Waals surface area contributed by atoms with Crippen molar-refractivity contribution < 1.29 is 4.43 Å². The minimum absolute atomic E-state index is 0.249. The molecule has 0 aliphatic rings. The largest absolute Gasteiger partial charge is 0.413 e. The molecule has 0 amide bonds. The molecule has 1 aromatic rings. The Hall–Kier alpha value is -0.863. The standard InChI is InChI=1S/C19H32OSi/c1-8-16(2)18(20-21(6,7)19(3,4)5)15-14-17-12-10-9-11-13-17/h8-13,16,18H,1,14-15H2,2-7H3/t16-,18+/m0/s1. The molecule has 2 atom stereocenters. The second-order valence-electron chi connectivity index (χ2n) is 7.54. The zero-order valence-electron chi connectivity index (χ0n) is 14.6. The van der Waals surface area contributed by atoms with Crippen molar-refractivity contribution in [2.45, 2.75) is 64.8 Å². The zero-order valence-corrected chi connectivity index (χ0v) is 15.6. The molecule has 0 fully saturated rings. The Morgan fingerprint density at radius 2 is 1.76 bits per heavy atom. The van der Waals surface area contributed by atoms with E-state index in [9.17, 15) is 0 Å². The summed E-state index contributed by atoms with van der Waals surface area (Å²) in [6.45, 7) is 17.7. The molecule has 0 saturated carbocycles. The first-order valence-electron chi connectivity index (χ1n) is 8.01. The van der Waals surface area contributed by atoms with E-state index in [0.29, 0.717) is 5.92 Å². The summed E-state index contributed by atoms with van der Waals surface area (Å²) in [5, 5.41) is 0.249. The van der Waals surface area contributed by atoms with Crippen molar-refractivity contribution in [3.63, 3.8) is 0 Å². The maximum Gasteiger partial charge on any atom is 0.192 e. The third-order valence-corrected chi connectivity index (χ3v) is 9.28. The first-order valence-corrected chi connectivity index (χ1v) is 10.9. The third-order valence-electron chi connectivity index (χ3n) is 4.77. The highest BCUT2D eigenvalue weighted by Crippen LogP contribution is 2.38. The van der Waals surface area contributed by atoms with Crippen LogP contribution < -0.4 is 0 Å². The van der Waals surface area contributed by atoms with Gasteiger partial charge in [0.1, 0.15) is 0 Å². The maximum absolute atomic E-state index is 6.64. The van der Waals surface area contributed by atoms with Gasteiger partial charge in [-0.05, 0) is 42.5 Å². The fraction of sp³-hybridized carbons (Fsp3) is 0.579. The molecule has 0 heterocycles. The van der Waals surface area contributed by atoms with Gasteiger partial charge in [-0.2, -0.15) is 0 Å². The molecular formula is C19H32OSi. The Kier molecular flexibility index (Phi) is 6.42. The van der Waals surface area contributed by atoms with E-state index >= 15 is 0 Å². The molecule has 0 saturated heterocycles. The lowest BCUT2D eigenvalue weighted by molar-refractivity contribution is 0.137. The second-order valence-corrected chi connectivity index (χ2v) is 12.3. The van der Waals surface area contributed by atoms with E-state index in [4.69, 9.17) is 4.43 Å². The van der Waals surface area contributed by atoms with Crippen LogP contribution in [0.25, 0.3) is 0 Å². The molecule has 0 bridgehead atoms. The fourth-order valence-electron chi connectivity index (χ4n) is 2.09. The molecule has 0 aliphatic carbocycles. The number of rotatable bonds is 7. The molecule has 1 rings (SSSR count). The zero-order chi connectivity index (χ0) is 16.1. The summed E-state index contributed by atoms with van der Waals surface area (Å²) in [4.78, 5) is 0. The Morgan fingerprint density at radius 3 is 2.24 bits per heavy atom. The number of benzene rings is 1. The van der Waals surface area contributed by atoms with Crippen molar-refractivity contribution in [3.8, 4) is 0 Å². The summed E-state index contributed by atoms with van der Waals surface area (Å²) < 4.78 is 6.64. The summed E-state index contributed by atoms with van der Waals surface area (Å²) >= 11 is 0. The van der Waals surface area contributed by atoms with Crippen LogP contribution in [0, 0.1) is 5.92 Å². The van der Waals surface area contributed by atoms with E-state index in [1.807, 2.05) is 6.08 Å². The van der Waals surface area contributed by atoms with Gasteiger partial charge >= 0.3 is 0 Å². The van der Waals surface area contributed by atoms with Crippen LogP contribution in [-0.4, -0.2) is 14.4 Å². The summed E-state index contributed by atoms with van der Waals surface area (Å²) in [7, 11) is -1.73. The highest BCUT2D eigenvalue weighted by atomic mass is 28.4. The second kappa shape index (κ2) is 7.41. The Balaban J connectivity index is 2.75. The lowest BCUT2D eigenvalue weighted by Crippen LogP contribution is -2.45. The molecule has 0 aromatic heterocycles. The number of hydrogen-bond acceptors (Lipinski definition) is 1. The summed E-state index contributed by atoms with van der Waals surface area (Å²) in [6.07, 6.45) is 4.42. The molecule has 2 heteroatoms. The Morgan fingerprint density at radius 1 is 1.19 bits per heavy atom. The first-order chi connectivity index (χ1) is 9.67. The first kappa shape index (κ1) is 18.2. The molecule has 0 aliphatic heterocycles. The van der Waals surface area contributed by atoms with Gasteiger partial charge in [-0.25, -0.2) is 0 Å². The topological polar surface area (TPSA) is 9.23 Å². The Labute approximate surface area is 132 Å². The van der Waals surface area contributed by atoms with Crippen LogP contribution in [0.5, 0.6) is 0 Å². The molecule has 21 heavy (non-hydrogen) atoms. The van der Waals surface area contributed by atoms with E-state index in [1.54, 1.807) is 0 Å². The van der Waals surface area contributed by atoms with E-state index in [2.05, 4.69) is 77.7 Å². The van der Waals surface area contributed by atoms with Crippen LogP contribution in [0.15, 0.2) is 43.0 Å². The highest BCUT2D eigenvalue weighted by Gasteiger charge is 2.39. The number of aryl methyl sites for hydroxylation is 1. The molecule has 1 aromatic carbocycles. The van der Waals surface area contributed by atoms with Gasteiger partial charge in [0.05, 0.1) is 6.10 Å². The van der Waals surface area contributed by atoms with Gasteiger partial charge in [-0.1, -0.05) is 64.1 Å². The molecular weight excluding hydrogens is 272 g/mol. The predicted molar refractivity (Wildman–Crippen MR) is 96.2 cm³/mol. The molecule has 0 radical (unpaired) electrons. The monoisotopic (exact) mass is 304 g/mol. The lowest BCUT2D eigenvalue weighted by atomic mass is 9.98. The van der Waals surface area contributed by atoms with Crippen LogP contribution in [0.2, 0.25) is 18.1 Å². The van der Waals surface area contributed by atoms with Crippen molar-refractivity contribution >= 4 is 8.32 Å². The average molecular weight is 305 g/mol. The van der Waals surface area contributed by atoms with Crippen LogP contribution in [0.3, 0.4) is 0 Å². The van der Waals surface area contributed by atoms with Crippen LogP contribution in [-0.2, 0) is 10.8 Å². The summed E-state index contributed by atoms with van der Waals surface area (Å²) in [6, 6.07) is 10.7. The fourth-order valence-corrected chi connectivity index (χ4v) is 3.53. The molecule has 0 N–H and O–H groups in total. The Bertz CT molecular complexity index is 431. The van der Waals surface area contributed by atoms with E-state index in [-0.39, 0.29) is 11.1 Å². The normalized spacial score (nSPS) is 15.5. The van der Waals surface area contributed by atoms with Crippen LogP contribution >= 0.6 is 0 Å².